The quantitative estimate of drug-likeness (QED) is 0.300. The summed E-state index contributed by atoms with van der Waals surface area (Å²) in [4.78, 5) is 18.4. The third-order valence-electron chi connectivity index (χ3n) is 4.44. The molecule has 6 nitrogen and oxygen atoms in total. The Morgan fingerprint density at radius 1 is 1.03 bits per heavy atom. The molecule has 2 N–H and O–H groups in total. The molecule has 0 spiro atoms. The van der Waals surface area contributed by atoms with E-state index >= 15 is 0 Å². The second kappa shape index (κ2) is 13.8. The summed E-state index contributed by atoms with van der Waals surface area (Å²) in [7, 11) is 5.21. The summed E-state index contributed by atoms with van der Waals surface area (Å²) in [5.74, 6) is 1.69. The second-order valence-electron chi connectivity index (χ2n) is 6.94. The number of guanidine groups is 1. The maximum absolute atomic E-state index is 12.1. The maximum atomic E-state index is 12.1. The van der Waals surface area contributed by atoms with Gasteiger partial charge in [0.2, 0.25) is 0 Å². The van der Waals surface area contributed by atoms with Gasteiger partial charge in [0.15, 0.2) is 5.96 Å². The van der Waals surface area contributed by atoms with Crippen molar-refractivity contribution in [2.24, 2.45) is 4.99 Å². The van der Waals surface area contributed by atoms with Crippen molar-refractivity contribution < 1.29 is 9.53 Å². The van der Waals surface area contributed by atoms with Crippen molar-refractivity contribution in [3.63, 3.8) is 0 Å². The number of carbonyl (C=O) groups excluding carboxylic acids is 1. The predicted octanol–water partition coefficient (Wildman–Crippen LogP) is 3.36. The Hall–Kier alpha value is -2.29. The van der Waals surface area contributed by atoms with Crippen LogP contribution in [0, 0.1) is 0 Å². The minimum Gasteiger partial charge on any atom is -0.497 e. The molecule has 0 heterocycles. The number of ether oxygens (including phenoxy) is 1. The first-order valence-electron chi connectivity index (χ1n) is 9.99. The largest absolute Gasteiger partial charge is 0.497 e. The maximum Gasteiger partial charge on any atom is 0.253 e. The number of rotatable bonds is 9. The van der Waals surface area contributed by atoms with E-state index in [0.717, 1.165) is 43.2 Å². The molecule has 2 aromatic rings. The van der Waals surface area contributed by atoms with Crippen LogP contribution in [0.3, 0.4) is 0 Å². The molecule has 0 bridgehead atoms. The number of nitrogens with one attached hydrogen (secondary N) is 2. The number of carbonyl (C=O) groups is 1. The first kappa shape index (κ1) is 25.7. The number of aliphatic imine (C=N–C) groups is 1. The number of benzene rings is 2. The van der Waals surface area contributed by atoms with Crippen molar-refractivity contribution >= 4 is 35.8 Å². The summed E-state index contributed by atoms with van der Waals surface area (Å²) in [5.41, 5.74) is 3.04. The van der Waals surface area contributed by atoms with Crippen LogP contribution in [0.1, 0.15) is 28.4 Å². The topological polar surface area (TPSA) is 66.0 Å². The Balaban J connectivity index is 0.00000450. The van der Waals surface area contributed by atoms with Crippen LogP contribution in [-0.4, -0.2) is 57.6 Å². The molecule has 164 valence electrons. The average molecular weight is 524 g/mol. The molecule has 0 atom stereocenters. The highest BCUT2D eigenvalue weighted by Crippen LogP contribution is 2.13. The van der Waals surface area contributed by atoms with Gasteiger partial charge in [0, 0.05) is 39.3 Å². The molecule has 0 radical (unpaired) electrons. The zero-order valence-electron chi connectivity index (χ0n) is 18.3. The highest BCUT2D eigenvalue weighted by atomic mass is 127. The summed E-state index contributed by atoms with van der Waals surface area (Å²) >= 11 is 0. The molecule has 0 saturated carbocycles. The van der Waals surface area contributed by atoms with E-state index < -0.39 is 0 Å². The normalized spacial score (nSPS) is 10.7. The van der Waals surface area contributed by atoms with Crippen LogP contribution in [-0.2, 0) is 12.8 Å². The van der Waals surface area contributed by atoms with Gasteiger partial charge in [-0.2, -0.15) is 0 Å². The van der Waals surface area contributed by atoms with Gasteiger partial charge in [-0.25, -0.2) is 0 Å². The molecule has 0 aliphatic rings. The number of amides is 1. The monoisotopic (exact) mass is 524 g/mol. The van der Waals surface area contributed by atoms with Gasteiger partial charge in [0.25, 0.3) is 5.91 Å². The fourth-order valence-electron chi connectivity index (χ4n) is 2.91. The molecule has 0 aliphatic heterocycles. The van der Waals surface area contributed by atoms with E-state index in [4.69, 9.17) is 4.74 Å². The first-order valence-corrected chi connectivity index (χ1v) is 9.99. The van der Waals surface area contributed by atoms with Crippen LogP contribution in [0.15, 0.2) is 53.5 Å². The summed E-state index contributed by atoms with van der Waals surface area (Å²) in [5, 5.41) is 6.64. The number of hydrogen-bond acceptors (Lipinski definition) is 3. The van der Waals surface area contributed by atoms with Gasteiger partial charge in [-0.1, -0.05) is 24.3 Å². The summed E-state index contributed by atoms with van der Waals surface area (Å²) < 4.78 is 5.27. The van der Waals surface area contributed by atoms with E-state index in [2.05, 4.69) is 28.6 Å². The van der Waals surface area contributed by atoms with E-state index in [1.54, 1.807) is 26.1 Å². The number of halogens is 1. The Morgan fingerprint density at radius 3 is 2.40 bits per heavy atom. The highest BCUT2D eigenvalue weighted by Gasteiger charge is 2.08. The van der Waals surface area contributed by atoms with Gasteiger partial charge in [0.1, 0.15) is 5.75 Å². The van der Waals surface area contributed by atoms with Gasteiger partial charge in [-0.15, -0.1) is 24.0 Å². The standard InChI is InChI=1S/C23H32N4O2.HI/c1-5-24-23(26-15-13-19-9-7-11-21(17-19)29-4)25-14-12-18-8-6-10-20(16-18)22(28)27(2)3;/h6-11,16-17H,5,12-15H2,1-4H3,(H2,24,25,26);1H. The third-order valence-corrected chi connectivity index (χ3v) is 4.44. The summed E-state index contributed by atoms with van der Waals surface area (Å²) in [6, 6.07) is 15.8. The van der Waals surface area contributed by atoms with E-state index in [9.17, 15) is 4.79 Å². The van der Waals surface area contributed by atoms with Crippen LogP contribution in [0.4, 0.5) is 0 Å². The molecule has 0 fully saturated rings. The molecule has 7 heteroatoms. The molecule has 0 unspecified atom stereocenters. The second-order valence-corrected chi connectivity index (χ2v) is 6.94. The molecular formula is C23H33IN4O2. The van der Waals surface area contributed by atoms with Gasteiger partial charge < -0.3 is 20.3 Å². The Labute approximate surface area is 197 Å². The fourth-order valence-corrected chi connectivity index (χ4v) is 2.91. The molecule has 1 amide bonds. The first-order chi connectivity index (χ1) is 14.0. The number of methoxy groups -OCH3 is 1. The molecule has 0 aliphatic carbocycles. The van der Waals surface area contributed by atoms with Crippen LogP contribution in [0.25, 0.3) is 0 Å². The van der Waals surface area contributed by atoms with Crippen molar-refractivity contribution in [1.82, 2.24) is 15.5 Å². The molecule has 2 rings (SSSR count). The average Bonchev–Trinajstić information content (AvgIpc) is 2.73. The lowest BCUT2D eigenvalue weighted by Gasteiger charge is -2.13. The molecule has 0 saturated heterocycles. The lowest BCUT2D eigenvalue weighted by atomic mass is 10.1. The Kier molecular flexibility index (Phi) is 11.9. The van der Waals surface area contributed by atoms with E-state index in [-0.39, 0.29) is 29.9 Å². The van der Waals surface area contributed by atoms with Gasteiger partial charge in [-0.3, -0.25) is 9.79 Å². The zero-order chi connectivity index (χ0) is 21.1. The predicted molar refractivity (Wildman–Crippen MR) is 134 cm³/mol. The van der Waals surface area contributed by atoms with Gasteiger partial charge in [-0.05, 0) is 55.2 Å². The Morgan fingerprint density at radius 2 is 1.73 bits per heavy atom. The Bertz CT molecular complexity index is 824. The highest BCUT2D eigenvalue weighted by molar-refractivity contribution is 14.0. The van der Waals surface area contributed by atoms with E-state index in [1.807, 2.05) is 42.5 Å². The number of nitrogens with zero attached hydrogens (tertiary/aromatic N) is 2. The third kappa shape index (κ3) is 8.61. The van der Waals surface area contributed by atoms with Crippen LogP contribution >= 0.6 is 24.0 Å². The lowest BCUT2D eigenvalue weighted by Crippen LogP contribution is -2.38. The summed E-state index contributed by atoms with van der Waals surface area (Å²) in [6.07, 6.45) is 1.66. The fraction of sp³-hybridized carbons (Fsp3) is 0.391. The zero-order valence-corrected chi connectivity index (χ0v) is 20.6. The van der Waals surface area contributed by atoms with Gasteiger partial charge in [0.05, 0.1) is 7.11 Å². The van der Waals surface area contributed by atoms with Crippen molar-refractivity contribution in [3.8, 4) is 5.75 Å². The van der Waals surface area contributed by atoms with Crippen LogP contribution in [0.5, 0.6) is 5.75 Å². The van der Waals surface area contributed by atoms with Crippen molar-refractivity contribution in [2.45, 2.75) is 19.8 Å². The van der Waals surface area contributed by atoms with Crippen LogP contribution < -0.4 is 15.4 Å². The molecule has 2 aromatic carbocycles. The smallest absolute Gasteiger partial charge is 0.253 e. The van der Waals surface area contributed by atoms with Crippen LogP contribution in [0.2, 0.25) is 0 Å². The van der Waals surface area contributed by atoms with E-state index in [0.29, 0.717) is 12.1 Å². The molecular weight excluding hydrogens is 491 g/mol. The van der Waals surface area contributed by atoms with E-state index in [1.165, 1.54) is 5.56 Å². The minimum atomic E-state index is 0. The van der Waals surface area contributed by atoms with Crippen molar-refractivity contribution in [3.05, 3.63) is 65.2 Å². The summed E-state index contributed by atoms with van der Waals surface area (Å²) in [6.45, 7) is 4.29. The van der Waals surface area contributed by atoms with Crippen molar-refractivity contribution in [1.29, 1.82) is 0 Å². The molecule has 0 aromatic heterocycles. The lowest BCUT2D eigenvalue weighted by molar-refractivity contribution is 0.0827. The number of hydrogen-bond donors (Lipinski definition) is 2. The minimum absolute atomic E-state index is 0. The van der Waals surface area contributed by atoms with Crippen molar-refractivity contribution in [2.75, 3.05) is 40.8 Å². The SMILES string of the molecule is CCNC(=NCCc1cccc(OC)c1)NCCc1cccc(C(=O)N(C)C)c1.I. The van der Waals surface area contributed by atoms with Gasteiger partial charge >= 0.3 is 0 Å². The molecule has 30 heavy (non-hydrogen) atoms.